The summed E-state index contributed by atoms with van der Waals surface area (Å²) in [5.74, 6) is -1.50. The van der Waals surface area contributed by atoms with Crippen molar-refractivity contribution in [1.82, 2.24) is 9.88 Å². The van der Waals surface area contributed by atoms with Gasteiger partial charge in [-0.15, -0.1) is 0 Å². The van der Waals surface area contributed by atoms with E-state index in [1.54, 1.807) is 24.3 Å². The topological polar surface area (TPSA) is 71.4 Å². The average Bonchev–Trinajstić information content (AvgIpc) is 3.18. The predicted octanol–water partition coefficient (Wildman–Crippen LogP) is 6.62. The van der Waals surface area contributed by atoms with E-state index < -0.39 is 17.8 Å². The van der Waals surface area contributed by atoms with Crippen molar-refractivity contribution in [3.63, 3.8) is 0 Å². The number of hydrogen-bond acceptors (Lipinski definition) is 3. The molecule has 0 unspecified atom stereocenters. The van der Waals surface area contributed by atoms with E-state index in [4.69, 9.17) is 34.8 Å². The van der Waals surface area contributed by atoms with Gasteiger partial charge in [0.05, 0.1) is 5.69 Å². The number of hydrogen-bond donors (Lipinski definition) is 1. The number of carbonyl (C=O) groups excluding carboxylic acids is 3. The molecule has 1 N–H and O–H groups in total. The SMILES string of the molecule is Cc1ccc(N2C(=O)NC(=O)/C(=C/c3cn(Cc4ccc(Cl)cc4Cl)c4ccccc34)C2=O)cc1Cl. The Morgan fingerprint density at radius 3 is 2.44 bits per heavy atom. The normalized spacial score (nSPS) is 15.2. The molecule has 1 aromatic heterocycles. The number of aryl methyl sites for hydroxylation is 1. The molecule has 0 spiro atoms. The van der Waals surface area contributed by atoms with Crippen LogP contribution < -0.4 is 10.2 Å². The van der Waals surface area contributed by atoms with Crippen molar-refractivity contribution in [2.24, 2.45) is 0 Å². The molecule has 36 heavy (non-hydrogen) atoms. The van der Waals surface area contributed by atoms with Crippen molar-refractivity contribution in [1.29, 1.82) is 0 Å². The Kier molecular flexibility index (Phi) is 6.35. The molecule has 1 aliphatic heterocycles. The highest BCUT2D eigenvalue weighted by molar-refractivity contribution is 6.40. The molecule has 0 saturated carbocycles. The van der Waals surface area contributed by atoms with Crippen LogP contribution in [0.2, 0.25) is 15.1 Å². The van der Waals surface area contributed by atoms with Crippen molar-refractivity contribution in [3.8, 4) is 0 Å². The molecule has 1 saturated heterocycles. The van der Waals surface area contributed by atoms with Crippen LogP contribution in [0.25, 0.3) is 17.0 Å². The van der Waals surface area contributed by atoms with Crippen molar-refractivity contribution in [2.45, 2.75) is 13.5 Å². The molecule has 4 aromatic rings. The number of fused-ring (bicyclic) bond motifs is 1. The number of imide groups is 2. The lowest BCUT2D eigenvalue weighted by Gasteiger charge is -2.26. The van der Waals surface area contributed by atoms with Gasteiger partial charge in [-0.3, -0.25) is 14.9 Å². The monoisotopic (exact) mass is 537 g/mol. The number of nitrogens with zero attached hydrogens (tertiary/aromatic N) is 2. The Morgan fingerprint density at radius 1 is 0.917 bits per heavy atom. The molecule has 3 aromatic carbocycles. The van der Waals surface area contributed by atoms with E-state index in [0.717, 1.165) is 26.9 Å². The number of barbiturate groups is 1. The maximum absolute atomic E-state index is 13.4. The first-order valence-electron chi connectivity index (χ1n) is 10.9. The van der Waals surface area contributed by atoms with Crippen LogP contribution in [0.15, 0.2) is 72.4 Å². The Bertz CT molecular complexity index is 1610. The van der Waals surface area contributed by atoms with Crippen molar-refractivity contribution in [2.75, 3.05) is 4.90 Å². The highest BCUT2D eigenvalue weighted by Crippen LogP contribution is 2.30. The Balaban J connectivity index is 1.57. The number of rotatable bonds is 4. The number of para-hydroxylation sites is 1. The van der Waals surface area contributed by atoms with Crippen LogP contribution in [0.4, 0.5) is 10.5 Å². The molecule has 4 amide bonds. The lowest BCUT2D eigenvalue weighted by atomic mass is 10.1. The minimum absolute atomic E-state index is 0.168. The fourth-order valence-corrected chi connectivity index (χ4v) is 4.77. The molecular formula is C27H18Cl3N3O3. The predicted molar refractivity (Wildman–Crippen MR) is 143 cm³/mol. The van der Waals surface area contributed by atoms with Crippen LogP contribution in [-0.2, 0) is 16.1 Å². The molecular weight excluding hydrogens is 521 g/mol. The number of aromatic nitrogens is 1. The van der Waals surface area contributed by atoms with Gasteiger partial charge in [-0.25, -0.2) is 9.69 Å². The van der Waals surface area contributed by atoms with Gasteiger partial charge >= 0.3 is 6.03 Å². The molecule has 1 fully saturated rings. The second kappa shape index (κ2) is 9.47. The van der Waals surface area contributed by atoms with Gasteiger partial charge in [-0.05, 0) is 54.5 Å². The number of nitrogens with one attached hydrogen (secondary N) is 1. The molecule has 0 bridgehead atoms. The highest BCUT2D eigenvalue weighted by Gasteiger charge is 2.37. The first kappa shape index (κ1) is 24.1. The number of urea groups is 1. The quantitative estimate of drug-likeness (QED) is 0.234. The summed E-state index contributed by atoms with van der Waals surface area (Å²) < 4.78 is 1.98. The minimum Gasteiger partial charge on any atom is -0.342 e. The van der Waals surface area contributed by atoms with Crippen molar-refractivity contribution < 1.29 is 14.4 Å². The molecule has 9 heteroatoms. The maximum atomic E-state index is 13.4. The van der Waals surface area contributed by atoms with Crippen LogP contribution in [-0.4, -0.2) is 22.4 Å². The first-order chi connectivity index (χ1) is 17.2. The molecule has 1 aliphatic rings. The second-order valence-electron chi connectivity index (χ2n) is 8.36. The van der Waals surface area contributed by atoms with Crippen LogP contribution in [0.5, 0.6) is 0 Å². The zero-order valence-corrected chi connectivity index (χ0v) is 21.2. The lowest BCUT2D eigenvalue weighted by Crippen LogP contribution is -2.54. The van der Waals surface area contributed by atoms with Gasteiger partial charge in [0.2, 0.25) is 0 Å². The molecule has 6 nitrogen and oxygen atoms in total. The highest BCUT2D eigenvalue weighted by atomic mass is 35.5. The van der Waals surface area contributed by atoms with Crippen molar-refractivity contribution >= 4 is 75.3 Å². The van der Waals surface area contributed by atoms with Crippen LogP contribution in [0.3, 0.4) is 0 Å². The first-order valence-corrected chi connectivity index (χ1v) is 12.1. The summed E-state index contributed by atoms with van der Waals surface area (Å²) in [4.78, 5) is 39.5. The Morgan fingerprint density at radius 2 is 1.69 bits per heavy atom. The van der Waals surface area contributed by atoms with Crippen molar-refractivity contribution in [3.05, 3.63) is 104 Å². The van der Waals surface area contributed by atoms with Gasteiger partial charge in [0, 0.05) is 44.3 Å². The largest absolute Gasteiger partial charge is 0.342 e. The fourth-order valence-electron chi connectivity index (χ4n) is 4.12. The zero-order valence-electron chi connectivity index (χ0n) is 18.9. The van der Waals surface area contributed by atoms with Gasteiger partial charge in [0.1, 0.15) is 5.57 Å². The molecule has 5 rings (SSSR count). The number of benzene rings is 3. The number of amides is 4. The number of halogens is 3. The summed E-state index contributed by atoms with van der Waals surface area (Å²) in [7, 11) is 0. The summed E-state index contributed by atoms with van der Waals surface area (Å²) in [6.45, 7) is 2.26. The van der Waals surface area contributed by atoms with Crippen LogP contribution in [0, 0.1) is 6.92 Å². The van der Waals surface area contributed by atoms with Gasteiger partial charge in [-0.1, -0.05) is 65.1 Å². The molecule has 2 heterocycles. The third kappa shape index (κ3) is 4.39. The summed E-state index contributed by atoms with van der Waals surface area (Å²) in [5.41, 5.74) is 3.29. The summed E-state index contributed by atoms with van der Waals surface area (Å²) in [5, 5.41) is 4.56. The summed E-state index contributed by atoms with van der Waals surface area (Å²) in [6.07, 6.45) is 3.34. The maximum Gasteiger partial charge on any atom is 0.335 e. The van der Waals surface area contributed by atoms with Gasteiger partial charge in [-0.2, -0.15) is 0 Å². The summed E-state index contributed by atoms with van der Waals surface area (Å²) >= 11 is 18.6. The zero-order chi connectivity index (χ0) is 25.6. The Hall–Kier alpha value is -3.58. The van der Waals surface area contributed by atoms with Gasteiger partial charge in [0.15, 0.2) is 0 Å². The van der Waals surface area contributed by atoms with Crippen LogP contribution in [0.1, 0.15) is 16.7 Å². The third-order valence-corrected chi connectivity index (χ3v) is 6.98. The van der Waals surface area contributed by atoms with E-state index in [9.17, 15) is 14.4 Å². The van der Waals surface area contributed by atoms with Gasteiger partial charge < -0.3 is 4.57 Å². The second-order valence-corrected chi connectivity index (χ2v) is 9.61. The van der Waals surface area contributed by atoms with Crippen LogP contribution >= 0.6 is 34.8 Å². The van der Waals surface area contributed by atoms with Gasteiger partial charge in [0.25, 0.3) is 11.8 Å². The lowest BCUT2D eigenvalue weighted by molar-refractivity contribution is -0.122. The van der Waals surface area contributed by atoms with E-state index in [1.807, 2.05) is 48.0 Å². The van der Waals surface area contributed by atoms with E-state index in [0.29, 0.717) is 27.2 Å². The minimum atomic E-state index is -0.832. The molecule has 0 radical (unpaired) electrons. The number of anilines is 1. The van der Waals surface area contributed by atoms with E-state index >= 15 is 0 Å². The van der Waals surface area contributed by atoms with E-state index in [-0.39, 0.29) is 11.3 Å². The third-order valence-electron chi connectivity index (χ3n) is 5.99. The average molecular weight is 539 g/mol. The molecule has 0 atom stereocenters. The fraction of sp³-hybridized carbons (Fsp3) is 0.0741. The smallest absolute Gasteiger partial charge is 0.335 e. The van der Waals surface area contributed by atoms with E-state index in [1.165, 1.54) is 12.1 Å². The molecule has 0 aliphatic carbocycles. The number of carbonyl (C=O) groups is 3. The molecule has 180 valence electrons. The Labute approximate surface area is 221 Å². The standard InChI is InChI=1S/C27H18Cl3N3O3/c1-15-6-9-19(12-22(15)29)33-26(35)21(25(34)31-27(33)36)10-17-14-32(24-5-3-2-4-20(17)24)13-16-7-8-18(28)11-23(16)30/h2-12,14H,13H2,1H3,(H,31,34,36)/b21-10-. The summed E-state index contributed by atoms with van der Waals surface area (Å²) in [6, 6.07) is 16.9. The van der Waals surface area contributed by atoms with E-state index in [2.05, 4.69) is 5.32 Å².